The zero-order chi connectivity index (χ0) is 14.3. The topological polar surface area (TPSA) is 20.2 Å². The Labute approximate surface area is 118 Å². The highest BCUT2D eigenvalue weighted by molar-refractivity contribution is 5.50. The molecule has 1 aromatic carbocycles. The second-order valence-electron chi connectivity index (χ2n) is 5.37. The predicted molar refractivity (Wildman–Crippen MR) is 78.7 cm³/mol. The van der Waals surface area contributed by atoms with Gasteiger partial charge in [0, 0.05) is 17.6 Å². The van der Waals surface area contributed by atoms with Crippen LogP contribution in [0, 0.1) is 19.7 Å². The minimum atomic E-state index is -0.313. The number of hydrazine groups is 1. The molecular weight excluding hydrogens is 253 g/mol. The molecule has 2 heterocycles. The van der Waals surface area contributed by atoms with Gasteiger partial charge in [0.1, 0.15) is 11.5 Å². The Morgan fingerprint density at radius 1 is 1.00 bits per heavy atom. The van der Waals surface area contributed by atoms with E-state index in [1.807, 2.05) is 11.2 Å². The molecule has 2 aromatic rings. The summed E-state index contributed by atoms with van der Waals surface area (Å²) in [4.78, 5) is 0. The van der Waals surface area contributed by atoms with Crippen molar-refractivity contribution < 1.29 is 4.39 Å². The molecule has 0 saturated carbocycles. The molecule has 0 saturated heterocycles. The molecule has 0 fully saturated rings. The Hall–Kier alpha value is -2.07. The van der Waals surface area contributed by atoms with Crippen LogP contribution in [0.25, 0.3) is 0 Å². The first-order chi connectivity index (χ1) is 9.49. The van der Waals surface area contributed by atoms with Crippen LogP contribution in [0.1, 0.15) is 18.3 Å². The van der Waals surface area contributed by atoms with Crippen LogP contribution >= 0.6 is 0 Å². The Bertz CT molecular complexity index is 637. The Balaban J connectivity index is 1.90. The highest BCUT2D eigenvalue weighted by Crippen LogP contribution is 2.28. The first-order valence-electron chi connectivity index (χ1n) is 6.67. The summed E-state index contributed by atoms with van der Waals surface area (Å²) in [5.41, 5.74) is 6.44. The molecule has 1 aliphatic heterocycles. The highest BCUT2D eigenvalue weighted by Gasteiger charge is 2.31. The third-order valence-electron chi connectivity index (χ3n) is 3.74. The number of hydrogen-bond donors (Lipinski definition) is 1. The van der Waals surface area contributed by atoms with E-state index in [0.717, 1.165) is 5.69 Å². The van der Waals surface area contributed by atoms with Crippen molar-refractivity contribution in [2.75, 3.05) is 5.01 Å². The van der Waals surface area contributed by atoms with Gasteiger partial charge in [-0.3, -0.25) is 5.01 Å². The van der Waals surface area contributed by atoms with Crippen LogP contribution in [0.2, 0.25) is 0 Å². The fourth-order valence-electron chi connectivity index (χ4n) is 2.82. The smallest absolute Gasteiger partial charge is 0.130 e. The normalized spacial score (nSPS) is 21.7. The summed E-state index contributed by atoms with van der Waals surface area (Å²) < 4.78 is 15.2. The summed E-state index contributed by atoms with van der Waals surface area (Å²) >= 11 is 0. The zero-order valence-corrected chi connectivity index (χ0v) is 11.9. The average molecular weight is 271 g/mol. The van der Waals surface area contributed by atoms with Crippen LogP contribution in [-0.2, 0) is 5.66 Å². The molecule has 1 aliphatic rings. The molecule has 1 N–H and O–H groups in total. The van der Waals surface area contributed by atoms with Crippen LogP contribution in [0.3, 0.4) is 0 Å². The maximum absolute atomic E-state index is 13.0. The standard InChI is InChI=1S/C16H18FN3/c1-12-4-5-13(2)20(12)16(3)10-11-19(18-16)15-8-6-14(17)7-9-15/h4-11,18H,1-3H3. The molecule has 0 spiro atoms. The van der Waals surface area contributed by atoms with Crippen LogP contribution in [0.5, 0.6) is 0 Å². The van der Waals surface area contributed by atoms with E-state index in [1.54, 1.807) is 12.1 Å². The van der Waals surface area contributed by atoms with Crippen molar-refractivity contribution in [3.63, 3.8) is 0 Å². The van der Waals surface area contributed by atoms with Gasteiger partial charge in [-0.2, -0.15) is 0 Å². The summed E-state index contributed by atoms with van der Waals surface area (Å²) in [7, 11) is 0. The minimum Gasteiger partial charge on any atom is -0.326 e. The van der Waals surface area contributed by atoms with Gasteiger partial charge in [-0.15, -0.1) is 0 Å². The summed E-state index contributed by atoms with van der Waals surface area (Å²) in [5.74, 6) is -0.225. The van der Waals surface area contributed by atoms with Gasteiger partial charge in [0.15, 0.2) is 0 Å². The fourth-order valence-corrected chi connectivity index (χ4v) is 2.82. The van der Waals surface area contributed by atoms with E-state index in [9.17, 15) is 4.39 Å². The molecule has 0 aliphatic carbocycles. The third-order valence-corrected chi connectivity index (χ3v) is 3.74. The second kappa shape index (κ2) is 4.49. The molecule has 1 atom stereocenters. The first-order valence-corrected chi connectivity index (χ1v) is 6.67. The van der Waals surface area contributed by atoms with E-state index < -0.39 is 0 Å². The van der Waals surface area contributed by atoms with Gasteiger partial charge in [0.25, 0.3) is 0 Å². The number of rotatable bonds is 2. The van der Waals surface area contributed by atoms with Crippen molar-refractivity contribution in [1.82, 2.24) is 9.99 Å². The van der Waals surface area contributed by atoms with Crippen LogP contribution < -0.4 is 10.4 Å². The highest BCUT2D eigenvalue weighted by atomic mass is 19.1. The Kier molecular flexibility index (Phi) is 2.91. The van der Waals surface area contributed by atoms with Gasteiger partial charge >= 0.3 is 0 Å². The van der Waals surface area contributed by atoms with Crippen molar-refractivity contribution in [3.05, 3.63) is 65.9 Å². The maximum atomic E-state index is 13.0. The molecule has 4 heteroatoms. The number of aromatic nitrogens is 1. The second-order valence-corrected chi connectivity index (χ2v) is 5.37. The number of nitrogens with one attached hydrogen (secondary N) is 1. The first kappa shape index (κ1) is 12.9. The van der Waals surface area contributed by atoms with Crippen molar-refractivity contribution in [1.29, 1.82) is 0 Å². The van der Waals surface area contributed by atoms with Gasteiger partial charge in [-0.1, -0.05) is 0 Å². The van der Waals surface area contributed by atoms with E-state index in [4.69, 9.17) is 0 Å². The lowest BCUT2D eigenvalue weighted by Gasteiger charge is -2.31. The van der Waals surface area contributed by atoms with Gasteiger partial charge < -0.3 is 4.57 Å². The third kappa shape index (κ3) is 2.02. The van der Waals surface area contributed by atoms with E-state index in [0.29, 0.717) is 0 Å². The molecule has 3 rings (SSSR count). The zero-order valence-electron chi connectivity index (χ0n) is 11.9. The van der Waals surface area contributed by atoms with Crippen molar-refractivity contribution in [3.8, 4) is 0 Å². The Morgan fingerprint density at radius 3 is 2.20 bits per heavy atom. The molecule has 3 nitrogen and oxygen atoms in total. The van der Waals surface area contributed by atoms with Crippen LogP contribution in [-0.4, -0.2) is 4.57 Å². The number of benzene rings is 1. The van der Waals surface area contributed by atoms with E-state index in [1.165, 1.54) is 23.5 Å². The fraction of sp³-hybridized carbons (Fsp3) is 0.250. The molecule has 0 radical (unpaired) electrons. The summed E-state index contributed by atoms with van der Waals surface area (Å²) in [6, 6.07) is 10.7. The van der Waals surface area contributed by atoms with Gasteiger partial charge in [-0.25, -0.2) is 9.82 Å². The maximum Gasteiger partial charge on any atom is 0.130 e. The minimum absolute atomic E-state index is 0.225. The molecule has 1 aromatic heterocycles. The lowest BCUT2D eigenvalue weighted by Crippen LogP contribution is -2.47. The number of nitrogens with zero attached hydrogens (tertiary/aromatic N) is 2. The van der Waals surface area contributed by atoms with Gasteiger partial charge in [0.2, 0.25) is 0 Å². The summed E-state index contributed by atoms with van der Waals surface area (Å²) in [6.07, 6.45) is 4.09. The number of anilines is 1. The summed E-state index contributed by atoms with van der Waals surface area (Å²) in [5, 5.41) is 1.92. The van der Waals surface area contributed by atoms with Gasteiger partial charge in [0.05, 0.1) is 5.69 Å². The molecule has 0 amide bonds. The molecular formula is C16H18FN3. The van der Waals surface area contributed by atoms with Crippen LogP contribution in [0.15, 0.2) is 48.7 Å². The number of halogens is 1. The van der Waals surface area contributed by atoms with E-state index >= 15 is 0 Å². The van der Waals surface area contributed by atoms with Crippen LogP contribution in [0.4, 0.5) is 10.1 Å². The monoisotopic (exact) mass is 271 g/mol. The SMILES string of the molecule is Cc1ccc(C)n1C1(C)C=CN(c2ccc(F)cc2)N1. The van der Waals surface area contributed by atoms with E-state index in [-0.39, 0.29) is 11.5 Å². The lowest BCUT2D eigenvalue weighted by atomic mass is 10.2. The summed E-state index contributed by atoms with van der Waals surface area (Å²) in [6.45, 7) is 6.30. The number of aryl methyl sites for hydroxylation is 2. The van der Waals surface area contributed by atoms with E-state index in [2.05, 4.69) is 49.0 Å². The lowest BCUT2D eigenvalue weighted by molar-refractivity contribution is 0.332. The molecule has 104 valence electrons. The average Bonchev–Trinajstić information content (AvgIpc) is 2.95. The largest absolute Gasteiger partial charge is 0.326 e. The van der Waals surface area contributed by atoms with Gasteiger partial charge in [-0.05, 0) is 63.2 Å². The van der Waals surface area contributed by atoms with Crippen molar-refractivity contribution in [2.45, 2.75) is 26.4 Å². The Morgan fingerprint density at radius 2 is 1.60 bits per heavy atom. The molecule has 0 bridgehead atoms. The molecule has 1 unspecified atom stereocenters. The van der Waals surface area contributed by atoms with Crippen molar-refractivity contribution in [2.24, 2.45) is 0 Å². The quantitative estimate of drug-likeness (QED) is 0.902. The van der Waals surface area contributed by atoms with Crippen molar-refractivity contribution >= 4 is 5.69 Å². The molecule has 20 heavy (non-hydrogen) atoms. The predicted octanol–water partition coefficient (Wildman–Crippen LogP) is 3.46. The number of hydrogen-bond acceptors (Lipinski definition) is 2.